The zero-order chi connectivity index (χ0) is 20.2. The Morgan fingerprint density at radius 3 is 2.37 bits per heavy atom. The van der Waals surface area contributed by atoms with Crippen molar-refractivity contribution in [1.82, 2.24) is 4.90 Å². The Kier molecular flexibility index (Phi) is 6.99. The molecule has 1 aromatic carbocycles. The van der Waals surface area contributed by atoms with Gasteiger partial charge in [-0.15, -0.1) is 0 Å². The maximum atomic E-state index is 12.5. The third kappa shape index (κ3) is 4.49. The first-order chi connectivity index (χ1) is 12.7. The topological polar surface area (TPSA) is 141 Å². The van der Waals surface area contributed by atoms with E-state index in [0.717, 1.165) is 5.56 Å². The van der Waals surface area contributed by atoms with E-state index < -0.39 is 51.4 Å². The fraction of sp³-hybridized carbons (Fsp3) is 0.500. The number of carbonyl (C=O) groups is 3. The van der Waals surface area contributed by atoms with Gasteiger partial charge in [-0.2, -0.15) is 0 Å². The SMILES string of the molecule is C[C@H](N)C(=O)[S+]1CN(C(CCc2ccccc2)C(=O)O)CC1(CO)C(=O)O. The smallest absolute Gasteiger partial charge is 0.364 e. The van der Waals surface area contributed by atoms with E-state index in [0.29, 0.717) is 6.42 Å². The Labute approximate surface area is 160 Å². The molecule has 0 saturated carbocycles. The summed E-state index contributed by atoms with van der Waals surface area (Å²) in [4.78, 5) is 37.7. The molecule has 0 aromatic heterocycles. The van der Waals surface area contributed by atoms with Crippen LogP contribution in [0.25, 0.3) is 0 Å². The molecule has 3 unspecified atom stereocenters. The number of benzene rings is 1. The fourth-order valence-corrected chi connectivity index (χ4v) is 5.70. The molecule has 2 rings (SSSR count). The van der Waals surface area contributed by atoms with Gasteiger partial charge >= 0.3 is 17.1 Å². The highest BCUT2D eigenvalue weighted by molar-refractivity contribution is 8.13. The van der Waals surface area contributed by atoms with Crippen LogP contribution in [0.4, 0.5) is 0 Å². The number of aliphatic hydroxyl groups excluding tert-OH is 1. The van der Waals surface area contributed by atoms with E-state index in [-0.39, 0.29) is 18.8 Å². The maximum absolute atomic E-state index is 12.5. The summed E-state index contributed by atoms with van der Waals surface area (Å²) in [6, 6.07) is 7.54. The Balaban J connectivity index is 2.25. The minimum absolute atomic E-state index is 0.0288. The van der Waals surface area contributed by atoms with Crippen molar-refractivity contribution in [3.63, 3.8) is 0 Å². The first-order valence-corrected chi connectivity index (χ1v) is 9.97. The lowest BCUT2D eigenvalue weighted by molar-refractivity contribution is -0.146. The third-order valence-corrected chi connectivity index (χ3v) is 7.58. The maximum Gasteiger partial charge on any atom is 0.364 e. The zero-order valence-electron chi connectivity index (χ0n) is 15.1. The van der Waals surface area contributed by atoms with Gasteiger partial charge in [0.05, 0.1) is 17.4 Å². The molecular weight excluding hydrogens is 372 g/mol. The summed E-state index contributed by atoms with van der Waals surface area (Å²) in [5, 5.41) is 28.7. The van der Waals surface area contributed by atoms with Gasteiger partial charge in [-0.3, -0.25) is 4.79 Å². The molecule has 5 N–H and O–H groups in total. The van der Waals surface area contributed by atoms with E-state index in [9.17, 15) is 29.7 Å². The fourth-order valence-electron chi connectivity index (χ4n) is 3.20. The minimum atomic E-state index is -1.72. The number of hydrogen-bond acceptors (Lipinski definition) is 6. The number of nitrogens with two attached hydrogens (primary N) is 1. The van der Waals surface area contributed by atoms with Gasteiger partial charge in [0, 0.05) is 0 Å². The van der Waals surface area contributed by atoms with Gasteiger partial charge in [0.1, 0.15) is 18.7 Å². The predicted octanol–water partition coefficient (Wildman–Crippen LogP) is -0.347. The first kappa shape index (κ1) is 21.4. The van der Waals surface area contributed by atoms with Crippen molar-refractivity contribution in [2.45, 2.75) is 36.6 Å². The van der Waals surface area contributed by atoms with Gasteiger partial charge in [-0.1, -0.05) is 30.3 Å². The molecule has 1 aliphatic rings. The molecule has 1 aliphatic heterocycles. The van der Waals surface area contributed by atoms with Crippen molar-refractivity contribution >= 4 is 27.9 Å². The molecule has 1 heterocycles. The largest absolute Gasteiger partial charge is 0.480 e. The summed E-state index contributed by atoms with van der Waals surface area (Å²) in [6.07, 6.45) is 0.770. The highest BCUT2D eigenvalue weighted by atomic mass is 32.2. The molecule has 1 saturated heterocycles. The predicted molar refractivity (Wildman–Crippen MR) is 101 cm³/mol. The summed E-state index contributed by atoms with van der Waals surface area (Å²) in [7, 11) is -1.39. The van der Waals surface area contributed by atoms with Crippen molar-refractivity contribution in [1.29, 1.82) is 0 Å². The lowest BCUT2D eigenvalue weighted by Crippen LogP contribution is -2.54. The number of aryl methyl sites for hydroxylation is 1. The van der Waals surface area contributed by atoms with E-state index in [1.54, 1.807) is 0 Å². The number of rotatable bonds is 8. The summed E-state index contributed by atoms with van der Waals surface area (Å²) in [5.41, 5.74) is 6.63. The molecule has 27 heavy (non-hydrogen) atoms. The molecule has 0 amide bonds. The quantitative estimate of drug-likeness (QED) is 0.436. The Morgan fingerprint density at radius 1 is 1.26 bits per heavy atom. The average molecular weight is 397 g/mol. The highest BCUT2D eigenvalue weighted by Crippen LogP contribution is 2.34. The van der Waals surface area contributed by atoms with Crippen LogP contribution in [0.2, 0.25) is 0 Å². The van der Waals surface area contributed by atoms with Gasteiger partial charge in [0.15, 0.2) is 5.88 Å². The third-order valence-electron chi connectivity index (χ3n) is 4.76. The molecule has 0 aliphatic carbocycles. The van der Waals surface area contributed by atoms with Crippen molar-refractivity contribution in [3.8, 4) is 0 Å². The Hall–Kier alpha value is -1.94. The van der Waals surface area contributed by atoms with E-state index in [4.69, 9.17) is 5.73 Å². The molecule has 9 heteroatoms. The second-order valence-electron chi connectivity index (χ2n) is 6.71. The van der Waals surface area contributed by atoms with Crippen molar-refractivity contribution < 1.29 is 29.7 Å². The van der Waals surface area contributed by atoms with Crippen LogP contribution in [0, 0.1) is 0 Å². The minimum Gasteiger partial charge on any atom is -0.480 e. The summed E-state index contributed by atoms with van der Waals surface area (Å²) in [6.45, 7) is 0.518. The van der Waals surface area contributed by atoms with Crippen LogP contribution in [0.5, 0.6) is 0 Å². The molecule has 1 aromatic rings. The van der Waals surface area contributed by atoms with Crippen LogP contribution in [0.3, 0.4) is 0 Å². The second kappa shape index (κ2) is 8.83. The lowest BCUT2D eigenvalue weighted by atomic mass is 10.0. The van der Waals surface area contributed by atoms with Gasteiger partial charge < -0.3 is 21.1 Å². The van der Waals surface area contributed by atoms with Crippen molar-refractivity contribution in [2.24, 2.45) is 5.73 Å². The Morgan fingerprint density at radius 2 is 1.89 bits per heavy atom. The second-order valence-corrected chi connectivity index (χ2v) is 8.93. The van der Waals surface area contributed by atoms with E-state index in [1.807, 2.05) is 30.3 Å². The zero-order valence-corrected chi connectivity index (χ0v) is 15.9. The molecule has 0 bridgehead atoms. The number of carboxylic acids is 2. The van der Waals surface area contributed by atoms with Crippen LogP contribution < -0.4 is 5.73 Å². The molecule has 0 spiro atoms. The number of nitrogens with zero attached hydrogens (tertiary/aromatic N) is 1. The number of hydrogen-bond donors (Lipinski definition) is 4. The van der Waals surface area contributed by atoms with E-state index in [2.05, 4.69) is 0 Å². The first-order valence-electron chi connectivity index (χ1n) is 8.58. The van der Waals surface area contributed by atoms with Crippen LogP contribution >= 0.6 is 0 Å². The van der Waals surface area contributed by atoms with Crippen LogP contribution in [0.1, 0.15) is 18.9 Å². The molecule has 4 atom stereocenters. The number of aliphatic hydroxyl groups is 1. The lowest BCUT2D eigenvalue weighted by Gasteiger charge is -2.22. The average Bonchev–Trinajstić information content (AvgIpc) is 3.02. The number of carbonyl (C=O) groups excluding carboxylic acids is 1. The standard InChI is InChI=1S/C18H24N2O6S/c1-12(19)16(24)27-11-20(9-18(27,10-21)17(25)26)14(15(22)23)8-7-13-5-3-2-4-6-13/h2-6,12,14,21H,7-11,19H2,1H3,(H-,22,23,25,26)/p+1/t12-,14?,18?,27?/m0/s1. The van der Waals surface area contributed by atoms with Crippen molar-refractivity contribution in [3.05, 3.63) is 35.9 Å². The van der Waals surface area contributed by atoms with Gasteiger partial charge in [-0.05, 0) is 25.3 Å². The highest BCUT2D eigenvalue weighted by Gasteiger charge is 2.66. The van der Waals surface area contributed by atoms with Crippen LogP contribution in [0.15, 0.2) is 30.3 Å². The number of aliphatic carboxylic acids is 2. The Bertz CT molecular complexity index is 698. The molecule has 148 valence electrons. The summed E-state index contributed by atoms with van der Waals surface area (Å²) < 4.78 is -1.72. The molecular formula is C18H25N2O6S+. The van der Waals surface area contributed by atoms with E-state index in [1.165, 1.54) is 11.8 Å². The number of carboxylic acid groups (broad SMARTS) is 2. The molecule has 0 radical (unpaired) electrons. The van der Waals surface area contributed by atoms with E-state index >= 15 is 0 Å². The van der Waals surface area contributed by atoms with Gasteiger partial charge in [-0.25, -0.2) is 14.5 Å². The van der Waals surface area contributed by atoms with Crippen LogP contribution in [-0.2, 0) is 31.7 Å². The van der Waals surface area contributed by atoms with Crippen LogP contribution in [-0.4, -0.2) is 73.1 Å². The molecule has 1 fully saturated rings. The van der Waals surface area contributed by atoms with Gasteiger partial charge in [0.2, 0.25) is 0 Å². The van der Waals surface area contributed by atoms with Gasteiger partial charge in [0.25, 0.3) is 4.75 Å². The molecule has 8 nitrogen and oxygen atoms in total. The summed E-state index contributed by atoms with van der Waals surface area (Å²) >= 11 is 0. The normalized spacial score (nSPS) is 25.1. The monoisotopic (exact) mass is 397 g/mol. The summed E-state index contributed by atoms with van der Waals surface area (Å²) in [5.74, 6) is -2.42. The van der Waals surface area contributed by atoms with Crippen molar-refractivity contribution in [2.75, 3.05) is 19.0 Å².